The quantitative estimate of drug-likeness (QED) is 0.275. The molecule has 9 nitrogen and oxygen atoms in total. The molecule has 2 aliphatic rings. The van der Waals surface area contributed by atoms with Crippen molar-refractivity contribution in [3.8, 4) is 11.4 Å². The molecule has 0 radical (unpaired) electrons. The average molecular weight is 457 g/mol. The van der Waals surface area contributed by atoms with Gasteiger partial charge in [-0.05, 0) is 17.0 Å². The predicted molar refractivity (Wildman–Crippen MR) is 122 cm³/mol. The second kappa shape index (κ2) is 7.47. The van der Waals surface area contributed by atoms with E-state index >= 15 is 0 Å². The molecule has 0 saturated heterocycles. The third-order valence-electron chi connectivity index (χ3n) is 6.58. The molecular weight excluding hydrogens is 438 g/mol. The lowest BCUT2D eigenvalue weighted by Gasteiger charge is -2.21. The lowest BCUT2D eigenvalue weighted by Crippen LogP contribution is -2.32. The van der Waals surface area contributed by atoms with E-state index in [1.807, 2.05) is 36.4 Å². The summed E-state index contributed by atoms with van der Waals surface area (Å²) in [5, 5.41) is 25.0. The van der Waals surface area contributed by atoms with Crippen LogP contribution in [-0.2, 0) is 34.0 Å². The number of pyridine rings is 2. The molecule has 2 aromatic carbocycles. The van der Waals surface area contributed by atoms with Crippen LogP contribution in [0.4, 0.5) is 0 Å². The molecule has 1 amide bonds. The first-order chi connectivity index (χ1) is 16.5. The Balaban J connectivity index is 1.65. The Morgan fingerprint density at radius 1 is 1.15 bits per heavy atom. The first kappa shape index (κ1) is 20.5. The Morgan fingerprint density at radius 3 is 2.79 bits per heavy atom. The number of benzene rings is 2. The van der Waals surface area contributed by atoms with Gasteiger partial charge in [-0.25, -0.2) is 9.78 Å². The molecule has 1 atom stereocenters. The zero-order valence-corrected chi connectivity index (χ0v) is 17.9. The number of esters is 1. The van der Waals surface area contributed by atoms with E-state index in [9.17, 15) is 24.6 Å². The van der Waals surface area contributed by atoms with E-state index in [2.05, 4.69) is 5.32 Å². The van der Waals surface area contributed by atoms with Gasteiger partial charge in [0.05, 0.1) is 29.0 Å². The van der Waals surface area contributed by atoms with Crippen molar-refractivity contribution in [1.82, 2.24) is 14.9 Å². The van der Waals surface area contributed by atoms with E-state index in [1.165, 1.54) is 0 Å². The highest BCUT2D eigenvalue weighted by Crippen LogP contribution is 2.39. The van der Waals surface area contributed by atoms with Gasteiger partial charge in [-0.15, -0.1) is 0 Å². The van der Waals surface area contributed by atoms with Crippen molar-refractivity contribution in [1.29, 1.82) is 0 Å². The molecule has 0 aliphatic carbocycles. The molecule has 0 bridgehead atoms. The molecule has 0 fully saturated rings. The number of rotatable bonds is 3. The van der Waals surface area contributed by atoms with Crippen LogP contribution in [0.5, 0.6) is 0 Å². The number of carbonyl (C=O) groups is 2. The molecule has 4 heterocycles. The van der Waals surface area contributed by atoms with Crippen LogP contribution in [-0.4, -0.2) is 38.2 Å². The topological polar surface area (TPSA) is 131 Å². The van der Waals surface area contributed by atoms with Crippen molar-refractivity contribution in [2.24, 2.45) is 0 Å². The number of amides is 1. The van der Waals surface area contributed by atoms with Crippen LogP contribution in [0.15, 0.2) is 47.3 Å². The van der Waals surface area contributed by atoms with E-state index in [0.717, 1.165) is 27.3 Å². The smallest absolute Gasteiger partial charge is 0.340 e. The Hall–Kier alpha value is -4.08. The molecule has 2 aliphatic heterocycles. The predicted octanol–water partition coefficient (Wildman–Crippen LogP) is 1.28. The second-order valence-corrected chi connectivity index (χ2v) is 8.40. The molecule has 9 heteroatoms. The fourth-order valence-corrected chi connectivity index (χ4v) is 4.89. The van der Waals surface area contributed by atoms with Gasteiger partial charge in [0.1, 0.15) is 13.2 Å². The van der Waals surface area contributed by atoms with Gasteiger partial charge >= 0.3 is 5.97 Å². The minimum atomic E-state index is -1.53. The highest BCUT2D eigenvalue weighted by atomic mass is 16.5. The largest absolute Gasteiger partial charge is 0.458 e. The summed E-state index contributed by atoms with van der Waals surface area (Å²) in [5.74, 6) is -1.30. The zero-order valence-electron chi connectivity index (χ0n) is 17.9. The summed E-state index contributed by atoms with van der Waals surface area (Å²) in [5.41, 5.74) is 3.45. The maximum Gasteiger partial charge on any atom is 0.340 e. The van der Waals surface area contributed by atoms with Crippen LogP contribution >= 0.6 is 0 Å². The third-order valence-corrected chi connectivity index (χ3v) is 6.58. The average Bonchev–Trinajstić information content (AvgIpc) is 3.23. The summed E-state index contributed by atoms with van der Waals surface area (Å²) < 4.78 is 6.51. The highest BCUT2D eigenvalue weighted by Gasteiger charge is 2.34. The van der Waals surface area contributed by atoms with Crippen LogP contribution in [0, 0.1) is 0 Å². The van der Waals surface area contributed by atoms with Crippen LogP contribution in [0.1, 0.15) is 28.4 Å². The number of aromatic nitrogens is 2. The van der Waals surface area contributed by atoms with Crippen molar-refractivity contribution >= 4 is 33.6 Å². The number of hydrogen-bond donors (Lipinski definition) is 3. The molecule has 2 aromatic heterocycles. The summed E-state index contributed by atoms with van der Waals surface area (Å²) in [7, 11) is 0. The van der Waals surface area contributed by atoms with Crippen molar-refractivity contribution < 1.29 is 24.5 Å². The normalized spacial score (nSPS) is 16.2. The molecule has 34 heavy (non-hydrogen) atoms. The first-order valence-electron chi connectivity index (χ1n) is 10.8. The molecule has 0 saturated carbocycles. The monoisotopic (exact) mass is 457 g/mol. The molecular formula is C25H19N3O6. The number of aliphatic hydroxyl groups excluding tert-OH is 2. The molecule has 3 N–H and O–H groups in total. The molecule has 0 spiro atoms. The molecule has 1 unspecified atom stereocenters. The van der Waals surface area contributed by atoms with E-state index in [-0.39, 0.29) is 36.4 Å². The number of ether oxygens (including phenoxy) is 1. The number of nitrogens with one attached hydrogen (secondary N) is 1. The van der Waals surface area contributed by atoms with Gasteiger partial charge in [0, 0.05) is 28.4 Å². The third kappa shape index (κ3) is 2.87. The maximum absolute atomic E-state index is 13.3. The summed E-state index contributed by atoms with van der Waals surface area (Å²) in [6.45, 7) is -0.459. The number of carbonyl (C=O) groups excluding carboxylic acids is 2. The maximum atomic E-state index is 13.3. The molecule has 4 aromatic rings. The van der Waals surface area contributed by atoms with E-state index in [0.29, 0.717) is 16.9 Å². The van der Waals surface area contributed by atoms with Gasteiger partial charge in [-0.1, -0.05) is 36.4 Å². The van der Waals surface area contributed by atoms with E-state index < -0.39 is 24.6 Å². The van der Waals surface area contributed by atoms with Gasteiger partial charge < -0.3 is 24.8 Å². The Kier molecular flexibility index (Phi) is 4.51. The van der Waals surface area contributed by atoms with Crippen molar-refractivity contribution in [3.63, 3.8) is 0 Å². The number of cyclic esters (lactones) is 1. The fourth-order valence-electron chi connectivity index (χ4n) is 4.89. The van der Waals surface area contributed by atoms with Gasteiger partial charge in [0.2, 0.25) is 5.91 Å². The fraction of sp³-hybridized carbons (Fsp3) is 0.200. The second-order valence-electron chi connectivity index (χ2n) is 8.40. The molecule has 170 valence electrons. The van der Waals surface area contributed by atoms with Crippen molar-refractivity contribution in [2.45, 2.75) is 25.8 Å². The summed E-state index contributed by atoms with van der Waals surface area (Å²) in [6, 6.07) is 13.4. The van der Waals surface area contributed by atoms with Crippen molar-refractivity contribution in [2.75, 3.05) is 6.61 Å². The zero-order chi connectivity index (χ0) is 23.6. The lowest BCUT2D eigenvalue weighted by molar-refractivity contribution is -0.157. The van der Waals surface area contributed by atoms with Gasteiger partial charge in [0.15, 0.2) is 6.10 Å². The van der Waals surface area contributed by atoms with Gasteiger partial charge in [-0.3, -0.25) is 9.59 Å². The van der Waals surface area contributed by atoms with Gasteiger partial charge in [-0.2, -0.15) is 0 Å². The number of aliphatic hydroxyl groups is 2. The van der Waals surface area contributed by atoms with Crippen LogP contribution in [0.25, 0.3) is 33.1 Å². The standard InChI is InChI=1S/C25H19N3O6/c29-10-20(30)26-8-16-14-6-5-12-3-1-2-4-13(12)21(14)27-22-17(16)9-28-19(22)7-15-18(24(28)32)11-34-25(33)23(15)31/h1-7,23,29,31H,8-11H2,(H,26,30). The minimum absolute atomic E-state index is 0.145. The summed E-state index contributed by atoms with van der Waals surface area (Å²) in [6.07, 6.45) is -1.53. The van der Waals surface area contributed by atoms with Crippen LogP contribution in [0.3, 0.4) is 0 Å². The van der Waals surface area contributed by atoms with Crippen molar-refractivity contribution in [3.05, 3.63) is 75.1 Å². The highest BCUT2D eigenvalue weighted by molar-refractivity contribution is 6.07. The number of nitrogens with zero attached hydrogens (tertiary/aromatic N) is 2. The van der Waals surface area contributed by atoms with Crippen LogP contribution < -0.4 is 10.9 Å². The summed E-state index contributed by atoms with van der Waals surface area (Å²) in [4.78, 5) is 42.0. The number of fused-ring (bicyclic) bond motifs is 7. The Morgan fingerprint density at radius 2 is 1.97 bits per heavy atom. The first-order valence-corrected chi connectivity index (χ1v) is 10.8. The van der Waals surface area contributed by atoms with Crippen LogP contribution in [0.2, 0.25) is 0 Å². The Labute approximate surface area is 192 Å². The SMILES string of the molecule is O=C(CO)NCc1c2c(nc3c1ccc1ccccc13)-c1cc3c(c(=O)n1C2)COC(=O)C3O. The lowest BCUT2D eigenvalue weighted by atomic mass is 9.96. The minimum Gasteiger partial charge on any atom is -0.458 e. The number of hydrogen-bond acceptors (Lipinski definition) is 7. The molecule has 6 rings (SSSR count). The van der Waals surface area contributed by atoms with E-state index in [1.54, 1.807) is 10.6 Å². The summed E-state index contributed by atoms with van der Waals surface area (Å²) >= 11 is 0. The van der Waals surface area contributed by atoms with Gasteiger partial charge in [0.25, 0.3) is 5.56 Å². The Bertz CT molecular complexity index is 1610. The van der Waals surface area contributed by atoms with E-state index in [4.69, 9.17) is 9.72 Å².